The SMILES string of the molecule is O=C(N/N=C/c1ccco1)c1ccc(N/N=C/c2ccco2)cc1. The predicted molar refractivity (Wildman–Crippen MR) is 90.1 cm³/mol. The Morgan fingerprint density at radius 2 is 1.50 bits per heavy atom. The smallest absolute Gasteiger partial charge is 0.271 e. The summed E-state index contributed by atoms with van der Waals surface area (Å²) < 4.78 is 10.2. The molecule has 3 aromatic rings. The van der Waals surface area contributed by atoms with Crippen LogP contribution in [0.2, 0.25) is 0 Å². The van der Waals surface area contributed by atoms with Crippen LogP contribution in [0.4, 0.5) is 5.69 Å². The lowest BCUT2D eigenvalue weighted by atomic mass is 10.2. The molecule has 2 aromatic heterocycles. The summed E-state index contributed by atoms with van der Waals surface area (Å²) in [5.74, 6) is 0.889. The lowest BCUT2D eigenvalue weighted by molar-refractivity contribution is 0.0955. The molecule has 2 heterocycles. The van der Waals surface area contributed by atoms with Crippen LogP contribution < -0.4 is 10.9 Å². The van der Waals surface area contributed by atoms with Crippen LogP contribution in [-0.4, -0.2) is 18.3 Å². The van der Waals surface area contributed by atoms with Gasteiger partial charge in [-0.2, -0.15) is 10.2 Å². The van der Waals surface area contributed by atoms with E-state index in [4.69, 9.17) is 8.83 Å². The van der Waals surface area contributed by atoms with Crippen molar-refractivity contribution in [1.29, 1.82) is 0 Å². The molecule has 0 saturated heterocycles. The molecular formula is C17H14N4O3. The van der Waals surface area contributed by atoms with Crippen LogP contribution in [0.3, 0.4) is 0 Å². The number of hydrogen-bond donors (Lipinski definition) is 2. The number of rotatable bonds is 6. The Morgan fingerprint density at radius 1 is 0.875 bits per heavy atom. The molecule has 3 rings (SSSR count). The van der Waals surface area contributed by atoms with E-state index in [1.165, 1.54) is 12.5 Å². The molecule has 0 unspecified atom stereocenters. The van der Waals surface area contributed by atoms with Crippen LogP contribution in [0.5, 0.6) is 0 Å². The summed E-state index contributed by atoms with van der Waals surface area (Å²) in [4.78, 5) is 11.9. The van der Waals surface area contributed by atoms with Gasteiger partial charge in [-0.1, -0.05) is 0 Å². The van der Waals surface area contributed by atoms with E-state index >= 15 is 0 Å². The number of carbonyl (C=O) groups is 1. The van der Waals surface area contributed by atoms with Crippen LogP contribution in [0, 0.1) is 0 Å². The maximum Gasteiger partial charge on any atom is 0.271 e. The predicted octanol–water partition coefficient (Wildman–Crippen LogP) is 3.08. The van der Waals surface area contributed by atoms with Crippen molar-refractivity contribution in [3.05, 3.63) is 78.1 Å². The van der Waals surface area contributed by atoms with E-state index in [1.54, 1.807) is 61.0 Å². The molecule has 0 bridgehead atoms. The second-order valence-electron chi connectivity index (χ2n) is 4.68. The number of anilines is 1. The van der Waals surface area contributed by atoms with Crippen LogP contribution in [0.1, 0.15) is 21.9 Å². The molecular weight excluding hydrogens is 308 g/mol. The molecule has 0 radical (unpaired) electrons. The maximum atomic E-state index is 11.9. The average Bonchev–Trinajstić information content (AvgIpc) is 3.29. The fraction of sp³-hybridized carbons (Fsp3) is 0. The maximum absolute atomic E-state index is 11.9. The summed E-state index contributed by atoms with van der Waals surface area (Å²) in [6, 6.07) is 13.9. The second kappa shape index (κ2) is 7.59. The van der Waals surface area contributed by atoms with Gasteiger partial charge in [-0.05, 0) is 48.5 Å². The van der Waals surface area contributed by atoms with Crippen molar-refractivity contribution in [2.45, 2.75) is 0 Å². The summed E-state index contributed by atoms with van der Waals surface area (Å²) in [6.45, 7) is 0. The lowest BCUT2D eigenvalue weighted by Crippen LogP contribution is -2.17. The number of hydrogen-bond acceptors (Lipinski definition) is 6. The highest BCUT2D eigenvalue weighted by Crippen LogP contribution is 2.09. The number of benzene rings is 1. The highest BCUT2D eigenvalue weighted by Gasteiger charge is 2.03. The average molecular weight is 322 g/mol. The van der Waals surface area contributed by atoms with Gasteiger partial charge in [-0.25, -0.2) is 5.43 Å². The van der Waals surface area contributed by atoms with Crippen molar-refractivity contribution in [3.8, 4) is 0 Å². The number of nitrogens with one attached hydrogen (secondary N) is 2. The van der Waals surface area contributed by atoms with Gasteiger partial charge >= 0.3 is 0 Å². The molecule has 0 aliphatic rings. The summed E-state index contributed by atoms with van der Waals surface area (Å²) >= 11 is 0. The molecule has 7 heteroatoms. The first-order valence-corrected chi connectivity index (χ1v) is 7.11. The normalized spacial score (nSPS) is 11.2. The van der Waals surface area contributed by atoms with E-state index in [2.05, 4.69) is 21.1 Å². The molecule has 1 amide bonds. The number of carbonyl (C=O) groups excluding carboxylic acids is 1. The number of hydrazone groups is 2. The fourth-order valence-corrected chi connectivity index (χ4v) is 1.82. The summed E-state index contributed by atoms with van der Waals surface area (Å²) in [7, 11) is 0. The van der Waals surface area contributed by atoms with Crippen LogP contribution in [-0.2, 0) is 0 Å². The van der Waals surface area contributed by atoms with Crippen LogP contribution >= 0.6 is 0 Å². The highest BCUT2D eigenvalue weighted by atomic mass is 16.3. The number of amides is 1. The molecule has 0 aliphatic heterocycles. The Labute approximate surface area is 137 Å². The standard InChI is InChI=1S/C17H14N4O3/c22-17(21-19-12-16-4-2-10-24-16)13-5-7-14(8-6-13)20-18-11-15-3-1-9-23-15/h1-12,20H,(H,21,22)/b18-11+,19-12+. The zero-order valence-corrected chi connectivity index (χ0v) is 12.5. The highest BCUT2D eigenvalue weighted by molar-refractivity contribution is 5.95. The molecule has 0 aliphatic carbocycles. The number of furan rings is 2. The zero-order valence-electron chi connectivity index (χ0n) is 12.5. The van der Waals surface area contributed by atoms with Gasteiger partial charge in [0.05, 0.1) is 30.6 Å². The topological polar surface area (TPSA) is 92.1 Å². The Bertz CT molecular complexity index is 819. The summed E-state index contributed by atoms with van der Waals surface area (Å²) in [5, 5.41) is 7.86. The Hall–Kier alpha value is -3.61. The van der Waals surface area contributed by atoms with E-state index in [9.17, 15) is 4.79 Å². The fourth-order valence-electron chi connectivity index (χ4n) is 1.82. The van der Waals surface area contributed by atoms with Gasteiger partial charge in [0.15, 0.2) is 0 Å². The first-order chi connectivity index (χ1) is 11.8. The van der Waals surface area contributed by atoms with E-state index in [1.807, 2.05) is 0 Å². The molecule has 2 N–H and O–H groups in total. The van der Waals surface area contributed by atoms with Crippen molar-refractivity contribution < 1.29 is 13.6 Å². The van der Waals surface area contributed by atoms with E-state index in [-0.39, 0.29) is 5.91 Å². The first kappa shape index (κ1) is 15.3. The molecule has 0 fully saturated rings. The molecule has 24 heavy (non-hydrogen) atoms. The number of nitrogens with zero attached hydrogens (tertiary/aromatic N) is 2. The second-order valence-corrected chi connectivity index (χ2v) is 4.68. The van der Waals surface area contributed by atoms with Crippen molar-refractivity contribution in [2.24, 2.45) is 10.2 Å². The third-order valence-corrected chi connectivity index (χ3v) is 2.98. The monoisotopic (exact) mass is 322 g/mol. The molecule has 0 atom stereocenters. The van der Waals surface area contributed by atoms with Crippen molar-refractivity contribution in [3.63, 3.8) is 0 Å². The van der Waals surface area contributed by atoms with Crippen molar-refractivity contribution >= 4 is 24.0 Å². The Balaban J connectivity index is 1.52. The first-order valence-electron chi connectivity index (χ1n) is 7.11. The van der Waals surface area contributed by atoms with Gasteiger partial charge in [0.2, 0.25) is 0 Å². The Kier molecular flexibility index (Phi) is 4.84. The van der Waals surface area contributed by atoms with Gasteiger partial charge in [-0.3, -0.25) is 10.2 Å². The summed E-state index contributed by atoms with van der Waals surface area (Å²) in [5.41, 5.74) is 6.50. The molecule has 1 aromatic carbocycles. The van der Waals surface area contributed by atoms with Gasteiger partial charge < -0.3 is 8.83 Å². The largest absolute Gasteiger partial charge is 0.463 e. The van der Waals surface area contributed by atoms with E-state index in [0.717, 1.165) is 5.69 Å². The molecule has 0 saturated carbocycles. The minimum Gasteiger partial charge on any atom is -0.463 e. The zero-order chi connectivity index (χ0) is 16.6. The minimum absolute atomic E-state index is 0.316. The molecule has 7 nitrogen and oxygen atoms in total. The summed E-state index contributed by atoms with van der Waals surface area (Å²) in [6.07, 6.45) is 6.09. The van der Waals surface area contributed by atoms with Crippen LogP contribution in [0.25, 0.3) is 0 Å². The van der Waals surface area contributed by atoms with Gasteiger partial charge in [0.25, 0.3) is 5.91 Å². The minimum atomic E-state index is -0.316. The third-order valence-electron chi connectivity index (χ3n) is 2.98. The lowest BCUT2D eigenvalue weighted by Gasteiger charge is -2.02. The quantitative estimate of drug-likeness (QED) is 0.539. The third kappa shape index (κ3) is 4.20. The van der Waals surface area contributed by atoms with E-state index < -0.39 is 0 Å². The van der Waals surface area contributed by atoms with Crippen molar-refractivity contribution in [1.82, 2.24) is 5.43 Å². The van der Waals surface area contributed by atoms with Gasteiger partial charge in [0.1, 0.15) is 11.5 Å². The molecule has 120 valence electrons. The molecule has 0 spiro atoms. The van der Waals surface area contributed by atoms with Crippen molar-refractivity contribution in [2.75, 3.05) is 5.43 Å². The van der Waals surface area contributed by atoms with Gasteiger partial charge in [-0.15, -0.1) is 0 Å². The van der Waals surface area contributed by atoms with Gasteiger partial charge in [0, 0.05) is 5.56 Å². The Morgan fingerprint density at radius 3 is 2.08 bits per heavy atom. The van der Waals surface area contributed by atoms with Crippen LogP contribution in [0.15, 0.2) is 80.1 Å². The van der Waals surface area contributed by atoms with E-state index in [0.29, 0.717) is 17.1 Å².